The molecule has 0 N–H and O–H groups in total. The average molecular weight is 389 g/mol. The molecule has 28 heavy (non-hydrogen) atoms. The molecule has 3 aromatic rings. The number of hydrogen-bond donors (Lipinski definition) is 0. The summed E-state index contributed by atoms with van der Waals surface area (Å²) in [6.07, 6.45) is -0.733. The van der Waals surface area contributed by atoms with Crippen molar-refractivity contribution in [3.63, 3.8) is 0 Å². The number of hydrogen-bond acceptors (Lipinski definition) is 3. The zero-order valence-corrected chi connectivity index (χ0v) is 15.8. The van der Waals surface area contributed by atoms with E-state index in [-0.39, 0.29) is 0 Å². The van der Waals surface area contributed by atoms with Gasteiger partial charge in [-0.15, -0.1) is 0 Å². The summed E-state index contributed by atoms with van der Waals surface area (Å²) in [5.41, 5.74) is 1.07. The van der Waals surface area contributed by atoms with E-state index in [1.165, 1.54) is 12.1 Å². The van der Waals surface area contributed by atoms with Gasteiger partial charge >= 0.3 is 6.18 Å². The molecule has 3 rings (SSSR count). The topological polar surface area (TPSA) is 30.3 Å². The average Bonchev–Trinajstić information content (AvgIpc) is 3.05. The van der Waals surface area contributed by atoms with Crippen LogP contribution in [0, 0.1) is 0 Å². The largest absolute Gasteiger partial charge is 0.486 e. The standard InChI is InChI=1S/C21H22F3N3O/c1-26(14-17-4-3-5-18(12-17)21(22,23)24)13-16-6-8-19(9-7-16)28-15-20-25-10-11-27(20)2/h3-12H,13-15H2,1-2H3. The Morgan fingerprint density at radius 3 is 2.39 bits per heavy atom. The summed E-state index contributed by atoms with van der Waals surface area (Å²) in [5, 5.41) is 0. The van der Waals surface area contributed by atoms with Crippen LogP contribution in [0.2, 0.25) is 0 Å². The Balaban J connectivity index is 1.54. The monoisotopic (exact) mass is 389 g/mol. The lowest BCUT2D eigenvalue weighted by Crippen LogP contribution is -2.17. The third-order valence-electron chi connectivity index (χ3n) is 4.37. The van der Waals surface area contributed by atoms with Gasteiger partial charge in [-0.3, -0.25) is 4.90 Å². The minimum absolute atomic E-state index is 0.387. The first-order chi connectivity index (χ1) is 13.3. The van der Waals surface area contributed by atoms with Gasteiger partial charge in [0, 0.05) is 32.5 Å². The number of nitrogens with zero attached hydrogens (tertiary/aromatic N) is 3. The van der Waals surface area contributed by atoms with E-state index < -0.39 is 11.7 Å². The maximum atomic E-state index is 12.8. The second kappa shape index (κ2) is 8.48. The van der Waals surface area contributed by atoms with Crippen molar-refractivity contribution in [1.29, 1.82) is 0 Å². The minimum Gasteiger partial charge on any atom is -0.486 e. The van der Waals surface area contributed by atoms with E-state index >= 15 is 0 Å². The molecule has 0 fully saturated rings. The van der Waals surface area contributed by atoms with Gasteiger partial charge in [0.2, 0.25) is 0 Å². The van der Waals surface area contributed by atoms with Crippen LogP contribution in [0.1, 0.15) is 22.5 Å². The third kappa shape index (κ3) is 5.36. The highest BCUT2D eigenvalue weighted by atomic mass is 19.4. The van der Waals surface area contributed by atoms with E-state index in [1.54, 1.807) is 12.3 Å². The Morgan fingerprint density at radius 1 is 1.04 bits per heavy atom. The van der Waals surface area contributed by atoms with Crippen LogP contribution in [-0.4, -0.2) is 21.5 Å². The predicted octanol–water partition coefficient (Wildman–Crippen LogP) is 4.65. The van der Waals surface area contributed by atoms with Crippen LogP contribution in [0.5, 0.6) is 5.75 Å². The Kier molecular flexibility index (Phi) is 6.04. The number of alkyl halides is 3. The Bertz CT molecular complexity index is 904. The van der Waals surface area contributed by atoms with Gasteiger partial charge in [-0.1, -0.05) is 30.3 Å². The molecule has 0 saturated heterocycles. The molecule has 7 heteroatoms. The molecule has 1 aromatic heterocycles. The molecule has 0 spiro atoms. The van der Waals surface area contributed by atoms with Crippen LogP contribution < -0.4 is 4.74 Å². The van der Waals surface area contributed by atoms with Crippen LogP contribution in [-0.2, 0) is 32.9 Å². The molecule has 148 valence electrons. The van der Waals surface area contributed by atoms with E-state index in [4.69, 9.17) is 4.74 Å². The molecule has 0 atom stereocenters. The molecule has 2 aromatic carbocycles. The van der Waals surface area contributed by atoms with Crippen molar-refractivity contribution in [2.75, 3.05) is 7.05 Å². The Morgan fingerprint density at radius 2 is 1.75 bits per heavy atom. The summed E-state index contributed by atoms with van der Waals surface area (Å²) >= 11 is 0. The van der Waals surface area contributed by atoms with Gasteiger partial charge in [-0.25, -0.2) is 4.98 Å². The first-order valence-electron chi connectivity index (χ1n) is 8.84. The zero-order valence-electron chi connectivity index (χ0n) is 15.8. The normalized spacial score (nSPS) is 11.8. The van der Waals surface area contributed by atoms with E-state index in [0.717, 1.165) is 23.2 Å². The van der Waals surface area contributed by atoms with Crippen LogP contribution >= 0.6 is 0 Å². The third-order valence-corrected chi connectivity index (χ3v) is 4.37. The molecule has 0 aliphatic rings. The molecule has 0 aliphatic carbocycles. The van der Waals surface area contributed by atoms with Crippen LogP contribution in [0.3, 0.4) is 0 Å². The number of halogens is 3. The van der Waals surface area contributed by atoms with Crippen molar-refractivity contribution in [3.05, 3.63) is 83.4 Å². The Labute approximate surface area is 162 Å². The van der Waals surface area contributed by atoms with E-state index in [2.05, 4.69) is 4.98 Å². The van der Waals surface area contributed by atoms with Crippen LogP contribution in [0.25, 0.3) is 0 Å². The van der Waals surface area contributed by atoms with Gasteiger partial charge in [0.05, 0.1) is 5.56 Å². The molecule has 0 saturated carbocycles. The molecule has 0 radical (unpaired) electrons. The van der Waals surface area contributed by atoms with Crippen molar-refractivity contribution in [2.45, 2.75) is 25.9 Å². The van der Waals surface area contributed by atoms with Crippen LogP contribution in [0.15, 0.2) is 60.9 Å². The van der Waals surface area contributed by atoms with Gasteiger partial charge < -0.3 is 9.30 Å². The lowest BCUT2D eigenvalue weighted by Gasteiger charge is -2.18. The molecule has 4 nitrogen and oxygen atoms in total. The highest BCUT2D eigenvalue weighted by molar-refractivity contribution is 5.28. The summed E-state index contributed by atoms with van der Waals surface area (Å²) < 4.78 is 46.1. The number of benzene rings is 2. The van der Waals surface area contributed by atoms with E-state index in [9.17, 15) is 13.2 Å². The maximum absolute atomic E-state index is 12.8. The fourth-order valence-electron chi connectivity index (χ4n) is 2.90. The van der Waals surface area contributed by atoms with Gasteiger partial charge in [0.25, 0.3) is 0 Å². The summed E-state index contributed by atoms with van der Waals surface area (Å²) in [5.74, 6) is 1.58. The number of aryl methyl sites for hydroxylation is 1. The predicted molar refractivity (Wildman–Crippen MR) is 101 cm³/mol. The van der Waals surface area contributed by atoms with Crippen molar-refractivity contribution < 1.29 is 17.9 Å². The second-order valence-corrected chi connectivity index (χ2v) is 6.76. The van der Waals surface area contributed by atoms with Crippen molar-refractivity contribution in [1.82, 2.24) is 14.5 Å². The van der Waals surface area contributed by atoms with Gasteiger partial charge in [-0.05, 0) is 36.4 Å². The SMILES string of the molecule is CN(Cc1ccc(OCc2nccn2C)cc1)Cc1cccc(C(F)(F)F)c1. The van der Waals surface area contributed by atoms with E-state index in [1.807, 2.05) is 54.0 Å². The quantitative estimate of drug-likeness (QED) is 0.589. The highest BCUT2D eigenvalue weighted by Crippen LogP contribution is 2.29. The van der Waals surface area contributed by atoms with Crippen LogP contribution in [0.4, 0.5) is 13.2 Å². The molecule has 0 bridgehead atoms. The summed E-state index contributed by atoms with van der Waals surface area (Å²) in [6, 6.07) is 13.1. The number of aromatic nitrogens is 2. The number of imidazole rings is 1. The first-order valence-corrected chi connectivity index (χ1v) is 8.84. The van der Waals surface area contributed by atoms with Crippen molar-refractivity contribution in [3.8, 4) is 5.75 Å². The summed E-state index contributed by atoms with van der Waals surface area (Å²) in [7, 11) is 3.79. The fourth-order valence-corrected chi connectivity index (χ4v) is 2.90. The van der Waals surface area contributed by atoms with E-state index in [0.29, 0.717) is 25.3 Å². The zero-order chi connectivity index (χ0) is 20.1. The van der Waals surface area contributed by atoms with Gasteiger partial charge in [0.15, 0.2) is 0 Å². The lowest BCUT2D eigenvalue weighted by molar-refractivity contribution is -0.137. The lowest BCUT2D eigenvalue weighted by atomic mass is 10.1. The van der Waals surface area contributed by atoms with Crippen molar-refractivity contribution in [2.24, 2.45) is 7.05 Å². The first kappa shape index (κ1) is 19.9. The summed E-state index contributed by atoms with van der Waals surface area (Å²) in [4.78, 5) is 6.18. The summed E-state index contributed by atoms with van der Waals surface area (Å²) in [6.45, 7) is 1.44. The molecule has 0 amide bonds. The number of rotatable bonds is 7. The van der Waals surface area contributed by atoms with Gasteiger partial charge in [0.1, 0.15) is 18.2 Å². The molecular weight excluding hydrogens is 367 g/mol. The maximum Gasteiger partial charge on any atom is 0.416 e. The van der Waals surface area contributed by atoms with Crippen molar-refractivity contribution >= 4 is 0 Å². The highest BCUT2D eigenvalue weighted by Gasteiger charge is 2.30. The molecule has 0 aliphatic heterocycles. The molecular formula is C21H22F3N3O. The molecule has 1 heterocycles. The Hall–Kier alpha value is -2.80. The minimum atomic E-state index is -4.32. The number of ether oxygens (including phenoxy) is 1. The van der Waals surface area contributed by atoms with Gasteiger partial charge in [-0.2, -0.15) is 13.2 Å². The second-order valence-electron chi connectivity index (χ2n) is 6.76. The fraction of sp³-hybridized carbons (Fsp3) is 0.286. The smallest absolute Gasteiger partial charge is 0.416 e. The molecule has 0 unspecified atom stereocenters.